The normalized spacial score (nSPS) is 14.5. The number of rotatable bonds is 8. The maximum Gasteiger partial charge on any atom is 0.264 e. The molecule has 4 rings (SSSR count). The van der Waals surface area contributed by atoms with Crippen LogP contribution >= 0.6 is 15.9 Å². The topological polar surface area (TPSA) is 70.2 Å². The lowest BCUT2D eigenvalue weighted by atomic mass is 10.2. The maximum atomic E-state index is 13.7. The van der Waals surface area contributed by atoms with Gasteiger partial charge in [0.05, 0.1) is 22.2 Å². The van der Waals surface area contributed by atoms with Gasteiger partial charge in [-0.2, -0.15) is 0 Å². The number of aryl methyl sites for hydroxylation is 1. The van der Waals surface area contributed by atoms with E-state index in [4.69, 9.17) is 4.74 Å². The molecule has 36 heavy (non-hydrogen) atoms. The minimum Gasteiger partial charge on any atom is -0.496 e. The first-order valence-electron chi connectivity index (χ1n) is 11.7. The summed E-state index contributed by atoms with van der Waals surface area (Å²) in [7, 11) is -2.49. The number of sulfonamides is 1. The van der Waals surface area contributed by atoms with Crippen molar-refractivity contribution in [3.63, 3.8) is 0 Å². The Balaban J connectivity index is 1.51. The standard InChI is InChI=1S/C27H30BrN3O4S/c1-21-8-10-23(11-9-21)31(36(33,34)24-12-13-26(35-2)25(28)18-24)20-27(32)30-16-14-29(15-17-30)19-22-6-4-3-5-7-22/h3-13,18H,14-17,19-20H2,1-2H3. The number of ether oxygens (including phenoxy) is 1. The summed E-state index contributed by atoms with van der Waals surface area (Å²) in [5.41, 5.74) is 2.69. The second-order valence-electron chi connectivity index (χ2n) is 8.79. The highest BCUT2D eigenvalue weighted by atomic mass is 79.9. The van der Waals surface area contributed by atoms with Crippen LogP contribution < -0.4 is 9.04 Å². The van der Waals surface area contributed by atoms with Crippen molar-refractivity contribution in [2.75, 3.05) is 44.1 Å². The monoisotopic (exact) mass is 571 g/mol. The molecule has 1 amide bonds. The van der Waals surface area contributed by atoms with Crippen LogP contribution in [-0.4, -0.2) is 64.0 Å². The van der Waals surface area contributed by atoms with E-state index in [2.05, 4.69) is 33.0 Å². The average molecular weight is 573 g/mol. The summed E-state index contributed by atoms with van der Waals surface area (Å²) in [5, 5.41) is 0. The Bertz CT molecular complexity index is 1290. The van der Waals surface area contributed by atoms with Crippen LogP contribution in [-0.2, 0) is 21.4 Å². The molecule has 1 fully saturated rings. The summed E-state index contributed by atoms with van der Waals surface area (Å²) in [5.74, 6) is 0.311. The molecule has 0 radical (unpaired) electrons. The molecule has 0 spiro atoms. The van der Waals surface area contributed by atoms with Gasteiger partial charge in [0.25, 0.3) is 10.0 Å². The second-order valence-corrected chi connectivity index (χ2v) is 11.5. The Labute approximate surface area is 221 Å². The highest BCUT2D eigenvalue weighted by Gasteiger charge is 2.30. The number of halogens is 1. The van der Waals surface area contributed by atoms with Crippen LogP contribution in [0.15, 0.2) is 82.2 Å². The Morgan fingerprint density at radius 3 is 2.25 bits per heavy atom. The van der Waals surface area contributed by atoms with Crippen LogP contribution in [0.5, 0.6) is 5.75 Å². The molecule has 1 saturated heterocycles. The fraction of sp³-hybridized carbons (Fsp3) is 0.296. The van der Waals surface area contributed by atoms with Crippen molar-refractivity contribution in [1.29, 1.82) is 0 Å². The fourth-order valence-corrected chi connectivity index (χ4v) is 6.31. The van der Waals surface area contributed by atoms with Gasteiger partial charge in [0.15, 0.2) is 0 Å². The van der Waals surface area contributed by atoms with Crippen molar-refractivity contribution in [2.45, 2.75) is 18.4 Å². The van der Waals surface area contributed by atoms with E-state index in [1.807, 2.05) is 37.3 Å². The van der Waals surface area contributed by atoms with Crippen LogP contribution in [0.2, 0.25) is 0 Å². The highest BCUT2D eigenvalue weighted by molar-refractivity contribution is 9.10. The fourth-order valence-electron chi connectivity index (χ4n) is 4.18. The van der Waals surface area contributed by atoms with Gasteiger partial charge in [0.2, 0.25) is 5.91 Å². The smallest absolute Gasteiger partial charge is 0.264 e. The zero-order chi connectivity index (χ0) is 25.7. The molecule has 3 aromatic carbocycles. The van der Waals surface area contributed by atoms with Crippen LogP contribution in [0.1, 0.15) is 11.1 Å². The molecule has 0 N–H and O–H groups in total. The van der Waals surface area contributed by atoms with Crippen molar-refractivity contribution < 1.29 is 17.9 Å². The van der Waals surface area contributed by atoms with Crippen molar-refractivity contribution in [3.8, 4) is 5.75 Å². The quantitative estimate of drug-likeness (QED) is 0.403. The molecule has 9 heteroatoms. The Kier molecular flexibility index (Phi) is 8.33. The Hall–Kier alpha value is -2.88. The van der Waals surface area contributed by atoms with E-state index in [1.165, 1.54) is 29.1 Å². The third-order valence-electron chi connectivity index (χ3n) is 6.29. The Morgan fingerprint density at radius 1 is 0.972 bits per heavy atom. The molecule has 0 atom stereocenters. The van der Waals surface area contributed by atoms with Gasteiger partial charge in [-0.3, -0.25) is 14.0 Å². The molecule has 1 heterocycles. The van der Waals surface area contributed by atoms with Gasteiger partial charge < -0.3 is 9.64 Å². The lowest BCUT2D eigenvalue weighted by Crippen LogP contribution is -2.51. The van der Waals surface area contributed by atoms with Crippen LogP contribution in [0.25, 0.3) is 0 Å². The third-order valence-corrected chi connectivity index (χ3v) is 8.68. The summed E-state index contributed by atoms with van der Waals surface area (Å²) >= 11 is 3.37. The molecular weight excluding hydrogens is 542 g/mol. The number of piperazine rings is 1. The van der Waals surface area contributed by atoms with Crippen LogP contribution in [0.4, 0.5) is 5.69 Å². The molecule has 7 nitrogen and oxygen atoms in total. The summed E-state index contributed by atoms with van der Waals surface area (Å²) in [6.45, 7) is 5.09. The van der Waals surface area contributed by atoms with Crippen molar-refractivity contribution >= 4 is 37.5 Å². The number of anilines is 1. The van der Waals surface area contributed by atoms with E-state index in [9.17, 15) is 13.2 Å². The first kappa shape index (κ1) is 26.2. The summed E-state index contributed by atoms with van der Waals surface area (Å²) in [6, 6.07) is 22.0. The molecule has 0 unspecified atom stereocenters. The average Bonchev–Trinajstić information content (AvgIpc) is 2.88. The minimum absolute atomic E-state index is 0.0798. The van der Waals surface area contributed by atoms with Gasteiger partial charge in [0, 0.05) is 32.7 Å². The van der Waals surface area contributed by atoms with E-state index >= 15 is 0 Å². The maximum absolute atomic E-state index is 13.7. The zero-order valence-electron chi connectivity index (χ0n) is 20.4. The lowest BCUT2D eigenvalue weighted by Gasteiger charge is -2.36. The molecule has 0 aliphatic carbocycles. The SMILES string of the molecule is COc1ccc(S(=O)(=O)N(CC(=O)N2CCN(Cc3ccccc3)CC2)c2ccc(C)cc2)cc1Br. The number of benzene rings is 3. The van der Waals surface area contributed by atoms with Crippen molar-refractivity contribution in [3.05, 3.63) is 88.4 Å². The molecule has 0 bridgehead atoms. The molecule has 0 aromatic heterocycles. The van der Waals surface area contributed by atoms with Gasteiger partial charge in [-0.05, 0) is 58.7 Å². The summed E-state index contributed by atoms with van der Waals surface area (Å²) in [4.78, 5) is 17.5. The number of amides is 1. The second kappa shape index (κ2) is 11.5. The number of nitrogens with zero attached hydrogens (tertiary/aromatic N) is 3. The molecule has 1 aliphatic rings. The zero-order valence-corrected chi connectivity index (χ0v) is 22.8. The number of hydrogen-bond donors (Lipinski definition) is 0. The van der Waals surface area contributed by atoms with Gasteiger partial charge in [-0.25, -0.2) is 8.42 Å². The predicted molar refractivity (Wildman–Crippen MR) is 145 cm³/mol. The lowest BCUT2D eigenvalue weighted by molar-refractivity contribution is -0.131. The number of methoxy groups -OCH3 is 1. The van der Waals surface area contributed by atoms with Crippen molar-refractivity contribution in [2.24, 2.45) is 0 Å². The third kappa shape index (κ3) is 6.08. The van der Waals surface area contributed by atoms with Gasteiger partial charge >= 0.3 is 0 Å². The summed E-state index contributed by atoms with van der Waals surface area (Å²) in [6.07, 6.45) is 0. The number of carbonyl (C=O) groups excluding carboxylic acids is 1. The molecule has 190 valence electrons. The van der Waals surface area contributed by atoms with E-state index < -0.39 is 10.0 Å². The van der Waals surface area contributed by atoms with E-state index in [0.717, 1.165) is 25.2 Å². The van der Waals surface area contributed by atoms with Crippen LogP contribution in [0, 0.1) is 6.92 Å². The van der Waals surface area contributed by atoms with E-state index in [1.54, 1.807) is 23.1 Å². The molecular formula is C27H30BrN3O4S. The highest BCUT2D eigenvalue weighted by Crippen LogP contribution is 2.31. The van der Waals surface area contributed by atoms with Gasteiger partial charge in [0.1, 0.15) is 12.3 Å². The van der Waals surface area contributed by atoms with E-state index in [-0.39, 0.29) is 17.3 Å². The number of hydrogen-bond acceptors (Lipinski definition) is 5. The largest absolute Gasteiger partial charge is 0.496 e. The first-order chi connectivity index (χ1) is 17.3. The molecule has 0 saturated carbocycles. The van der Waals surface area contributed by atoms with Crippen LogP contribution in [0.3, 0.4) is 0 Å². The van der Waals surface area contributed by atoms with Gasteiger partial charge in [-0.1, -0.05) is 48.0 Å². The predicted octanol–water partition coefficient (Wildman–Crippen LogP) is 4.31. The summed E-state index contributed by atoms with van der Waals surface area (Å²) < 4.78 is 34.4. The first-order valence-corrected chi connectivity index (χ1v) is 14.0. The Morgan fingerprint density at radius 2 is 1.64 bits per heavy atom. The van der Waals surface area contributed by atoms with Crippen molar-refractivity contribution in [1.82, 2.24) is 9.80 Å². The number of carbonyl (C=O) groups is 1. The van der Waals surface area contributed by atoms with E-state index in [0.29, 0.717) is 29.0 Å². The molecule has 1 aliphatic heterocycles. The minimum atomic E-state index is -4.01. The molecule has 3 aromatic rings. The van der Waals surface area contributed by atoms with Gasteiger partial charge in [-0.15, -0.1) is 0 Å².